The second-order valence-corrected chi connectivity index (χ2v) is 13.5. The Kier molecular flexibility index (Phi) is 33.8. The van der Waals surface area contributed by atoms with Crippen molar-refractivity contribution < 1.29 is 28.4 Å². The van der Waals surface area contributed by atoms with E-state index in [1.807, 2.05) is 18.2 Å². The van der Waals surface area contributed by atoms with Crippen molar-refractivity contribution >= 4 is 13.7 Å². The molecule has 9 heteroatoms. The number of nitrogens with one attached hydrogen (secondary N) is 1. The van der Waals surface area contributed by atoms with Gasteiger partial charge in [0.25, 0.3) is 0 Å². The minimum Gasteiger partial charge on any atom is -0.387 e. The van der Waals surface area contributed by atoms with Crippen LogP contribution < -0.4 is 11.1 Å². The van der Waals surface area contributed by atoms with E-state index in [9.17, 15) is 19.4 Å². The highest BCUT2D eigenvalue weighted by Gasteiger charge is 2.26. The SMILES string of the molecule is CC/C=C\C/C=C\C/C=C\C/C=C\C/C=C\CC(=O)NC(COP(=O)(O)OCCN)C(O)/C=C/CC/C=C/CCCCCCCCCCC. The van der Waals surface area contributed by atoms with E-state index in [1.165, 1.54) is 57.8 Å². The Morgan fingerprint density at radius 1 is 0.694 bits per heavy atom. The fourth-order valence-electron chi connectivity index (χ4n) is 4.68. The predicted molar refractivity (Wildman–Crippen MR) is 207 cm³/mol. The number of aliphatic hydroxyl groups excluding tert-OH is 1. The molecule has 3 atom stereocenters. The first-order valence-electron chi connectivity index (χ1n) is 18.7. The second kappa shape index (κ2) is 35.5. The molecule has 8 nitrogen and oxygen atoms in total. The number of nitrogens with two attached hydrogens (primary N) is 1. The summed E-state index contributed by atoms with van der Waals surface area (Å²) < 4.78 is 22.0. The molecule has 0 saturated carbocycles. The molecule has 3 unspecified atom stereocenters. The van der Waals surface area contributed by atoms with Crippen molar-refractivity contribution in [3.8, 4) is 0 Å². The molecular weight excluding hydrogens is 635 g/mol. The Morgan fingerprint density at radius 2 is 1.20 bits per heavy atom. The van der Waals surface area contributed by atoms with E-state index in [4.69, 9.17) is 14.8 Å². The summed E-state index contributed by atoms with van der Waals surface area (Å²) in [6, 6.07) is -0.935. The summed E-state index contributed by atoms with van der Waals surface area (Å²) in [6.07, 6.45) is 46.6. The van der Waals surface area contributed by atoms with Gasteiger partial charge in [0.1, 0.15) is 0 Å². The molecule has 0 heterocycles. The first-order chi connectivity index (χ1) is 23.9. The minimum absolute atomic E-state index is 0.0559. The zero-order valence-corrected chi connectivity index (χ0v) is 31.5. The largest absolute Gasteiger partial charge is 0.472 e. The molecule has 0 fully saturated rings. The molecule has 49 heavy (non-hydrogen) atoms. The molecule has 5 N–H and O–H groups in total. The van der Waals surface area contributed by atoms with Gasteiger partial charge < -0.3 is 21.1 Å². The van der Waals surface area contributed by atoms with Crippen LogP contribution in [0.3, 0.4) is 0 Å². The number of phosphoric acid groups is 1. The highest BCUT2D eigenvalue weighted by Crippen LogP contribution is 2.43. The highest BCUT2D eigenvalue weighted by atomic mass is 31.2. The Labute approximate surface area is 299 Å². The van der Waals surface area contributed by atoms with Crippen molar-refractivity contribution in [3.05, 3.63) is 85.1 Å². The maximum atomic E-state index is 12.6. The standard InChI is InChI=1S/C40H69N2O6P/c1-3-5-7-9-11-13-15-17-19-21-23-25-27-29-31-33-39(43)38(37-48-49(45,46)47-36-35-41)42-40(44)34-32-30-28-26-24-22-20-18-16-14-12-10-8-6-4-2/h6,8,12,14,18,20,23-26,30-33,38-39,43H,3-5,7,9-11,13,15-17,19,21-22,27-29,34-37,41H2,1-2H3,(H,42,44)(H,45,46)/b8-6-,14-12-,20-18-,25-23+,26-24-,32-30-,33-31+. The zero-order valence-electron chi connectivity index (χ0n) is 30.6. The van der Waals surface area contributed by atoms with Crippen molar-refractivity contribution in [1.29, 1.82) is 0 Å². The summed E-state index contributed by atoms with van der Waals surface area (Å²) in [5, 5.41) is 13.5. The van der Waals surface area contributed by atoms with Crippen molar-refractivity contribution in [3.63, 3.8) is 0 Å². The lowest BCUT2D eigenvalue weighted by molar-refractivity contribution is -0.122. The van der Waals surface area contributed by atoms with Crippen molar-refractivity contribution in [2.45, 2.75) is 142 Å². The van der Waals surface area contributed by atoms with Crippen LogP contribution in [0.1, 0.15) is 129 Å². The van der Waals surface area contributed by atoms with Crippen LogP contribution in [0.15, 0.2) is 85.1 Å². The van der Waals surface area contributed by atoms with Crippen molar-refractivity contribution in [1.82, 2.24) is 5.32 Å². The van der Waals surface area contributed by atoms with Gasteiger partial charge in [0.15, 0.2) is 0 Å². The number of allylic oxidation sites excluding steroid dienone is 12. The van der Waals surface area contributed by atoms with Gasteiger partial charge in [-0.3, -0.25) is 13.8 Å². The maximum absolute atomic E-state index is 12.6. The second-order valence-electron chi connectivity index (χ2n) is 12.1. The van der Waals surface area contributed by atoms with Gasteiger partial charge in [0.05, 0.1) is 25.4 Å². The number of carbonyl (C=O) groups is 1. The molecule has 1 amide bonds. The van der Waals surface area contributed by atoms with E-state index in [2.05, 4.69) is 73.8 Å². The third kappa shape index (κ3) is 33.9. The number of carbonyl (C=O) groups excluding carboxylic acids is 1. The molecule has 0 aromatic heterocycles. The van der Waals surface area contributed by atoms with E-state index in [0.717, 1.165) is 44.9 Å². The van der Waals surface area contributed by atoms with Crippen molar-refractivity contribution in [2.24, 2.45) is 5.73 Å². The molecular formula is C40H69N2O6P. The van der Waals surface area contributed by atoms with Crippen LogP contribution in [0.2, 0.25) is 0 Å². The average molecular weight is 705 g/mol. The third-order valence-corrected chi connectivity index (χ3v) is 8.47. The third-order valence-electron chi connectivity index (χ3n) is 7.48. The van der Waals surface area contributed by atoms with Gasteiger partial charge in [0.2, 0.25) is 5.91 Å². The average Bonchev–Trinajstić information content (AvgIpc) is 3.09. The Bertz CT molecular complexity index is 1030. The summed E-state index contributed by atoms with van der Waals surface area (Å²) in [4.78, 5) is 22.5. The fourth-order valence-corrected chi connectivity index (χ4v) is 5.44. The van der Waals surface area contributed by atoms with Crippen LogP contribution in [-0.2, 0) is 18.4 Å². The number of hydrogen-bond donors (Lipinski definition) is 4. The summed E-state index contributed by atoms with van der Waals surface area (Å²) in [6.45, 7) is 3.88. The van der Waals surface area contributed by atoms with E-state index >= 15 is 0 Å². The molecule has 0 rings (SSSR count). The monoisotopic (exact) mass is 704 g/mol. The van der Waals surface area contributed by atoms with Gasteiger partial charge in [-0.2, -0.15) is 0 Å². The number of phosphoric ester groups is 1. The topological polar surface area (TPSA) is 131 Å². The van der Waals surface area contributed by atoms with Crippen LogP contribution in [0, 0.1) is 0 Å². The molecule has 280 valence electrons. The summed E-state index contributed by atoms with van der Waals surface area (Å²) in [7, 11) is -4.37. The fraction of sp³-hybridized carbons (Fsp3) is 0.625. The molecule has 0 aliphatic heterocycles. The summed E-state index contributed by atoms with van der Waals surface area (Å²) >= 11 is 0. The molecule has 0 radical (unpaired) electrons. The van der Waals surface area contributed by atoms with Crippen LogP contribution in [0.25, 0.3) is 0 Å². The Morgan fingerprint density at radius 3 is 1.78 bits per heavy atom. The van der Waals surface area contributed by atoms with Gasteiger partial charge in [0, 0.05) is 13.0 Å². The van der Waals surface area contributed by atoms with Gasteiger partial charge >= 0.3 is 7.82 Å². The number of hydrogen-bond acceptors (Lipinski definition) is 6. The molecule has 0 spiro atoms. The molecule has 0 aromatic carbocycles. The van der Waals surface area contributed by atoms with Gasteiger partial charge in [-0.25, -0.2) is 4.57 Å². The Balaban J connectivity index is 4.56. The minimum atomic E-state index is -4.37. The quantitative estimate of drug-likeness (QED) is 0.0304. The molecule has 0 aromatic rings. The first kappa shape index (κ1) is 46.7. The summed E-state index contributed by atoms with van der Waals surface area (Å²) in [5.41, 5.74) is 5.34. The van der Waals surface area contributed by atoms with E-state index in [-0.39, 0.29) is 25.5 Å². The van der Waals surface area contributed by atoms with Gasteiger partial charge in [-0.05, 0) is 57.8 Å². The van der Waals surface area contributed by atoms with Crippen LogP contribution in [0.5, 0.6) is 0 Å². The van der Waals surface area contributed by atoms with Gasteiger partial charge in [-0.1, -0.05) is 150 Å². The van der Waals surface area contributed by atoms with E-state index < -0.39 is 26.6 Å². The normalized spacial score (nSPS) is 15.3. The molecule has 0 bridgehead atoms. The van der Waals surface area contributed by atoms with Crippen LogP contribution in [-0.4, -0.2) is 47.8 Å². The number of rotatable bonds is 33. The predicted octanol–water partition coefficient (Wildman–Crippen LogP) is 9.88. The summed E-state index contributed by atoms with van der Waals surface area (Å²) in [5.74, 6) is -0.336. The van der Waals surface area contributed by atoms with E-state index in [1.54, 1.807) is 12.2 Å². The first-order valence-corrected chi connectivity index (χ1v) is 20.2. The highest BCUT2D eigenvalue weighted by molar-refractivity contribution is 7.47. The lowest BCUT2D eigenvalue weighted by atomic mass is 10.1. The van der Waals surface area contributed by atoms with E-state index in [0.29, 0.717) is 6.42 Å². The number of amides is 1. The van der Waals surface area contributed by atoms with Crippen molar-refractivity contribution in [2.75, 3.05) is 19.8 Å². The number of aliphatic hydroxyl groups is 1. The Hall–Kier alpha value is -2.32. The maximum Gasteiger partial charge on any atom is 0.472 e. The van der Waals surface area contributed by atoms with Crippen LogP contribution in [0.4, 0.5) is 0 Å². The molecule has 0 aliphatic carbocycles. The number of unbranched alkanes of at least 4 members (excludes halogenated alkanes) is 10. The van der Waals surface area contributed by atoms with Crippen LogP contribution >= 0.6 is 7.82 Å². The molecule has 0 aliphatic rings. The lowest BCUT2D eigenvalue weighted by Crippen LogP contribution is -2.45. The zero-order chi connectivity index (χ0) is 36.1. The smallest absolute Gasteiger partial charge is 0.387 e. The van der Waals surface area contributed by atoms with Gasteiger partial charge in [-0.15, -0.1) is 0 Å². The molecule has 0 saturated heterocycles. The lowest BCUT2D eigenvalue weighted by Gasteiger charge is -2.23.